The maximum atomic E-state index is 11.9. The van der Waals surface area contributed by atoms with E-state index in [9.17, 15) is 18.0 Å². The molecule has 0 aromatic heterocycles. The number of rotatable bonds is 2. The lowest BCUT2D eigenvalue weighted by Gasteiger charge is -2.12. The van der Waals surface area contributed by atoms with E-state index in [0.717, 1.165) is 12.1 Å². The van der Waals surface area contributed by atoms with Crippen LogP contribution in [0, 0.1) is 0 Å². The minimum Gasteiger partial charge on any atom is -0.504 e. The van der Waals surface area contributed by atoms with Crippen LogP contribution in [0.4, 0.5) is 13.2 Å². The number of phenolic OH excluding ortho intramolecular Hbond substituents is 1. The Balaban J connectivity index is 3.19. The van der Waals surface area contributed by atoms with E-state index in [4.69, 9.17) is 16.7 Å². The average Bonchev–Trinajstić information content (AvgIpc) is 2.05. The van der Waals surface area contributed by atoms with Gasteiger partial charge in [-0.15, -0.1) is 13.2 Å². The lowest BCUT2D eigenvalue weighted by Crippen LogP contribution is -2.18. The maximum Gasteiger partial charge on any atom is 0.573 e. The van der Waals surface area contributed by atoms with Crippen LogP contribution >= 0.6 is 11.6 Å². The Morgan fingerprint density at radius 1 is 1.40 bits per heavy atom. The van der Waals surface area contributed by atoms with Crippen molar-refractivity contribution in [3.63, 3.8) is 0 Å². The third-order valence-electron chi connectivity index (χ3n) is 1.42. The molecule has 1 N–H and O–H groups in total. The molecule has 0 unspecified atom stereocenters. The van der Waals surface area contributed by atoms with E-state index >= 15 is 0 Å². The SMILES string of the molecule is O=C(Cl)c1cccc(O)c1OC(F)(F)F. The molecule has 15 heavy (non-hydrogen) atoms. The largest absolute Gasteiger partial charge is 0.573 e. The maximum absolute atomic E-state index is 11.9. The van der Waals surface area contributed by atoms with Gasteiger partial charge >= 0.3 is 6.36 Å². The number of aromatic hydroxyl groups is 1. The molecule has 3 nitrogen and oxygen atoms in total. The van der Waals surface area contributed by atoms with Gasteiger partial charge in [0.05, 0.1) is 5.56 Å². The fraction of sp³-hybridized carbons (Fsp3) is 0.125. The van der Waals surface area contributed by atoms with Crippen LogP contribution in [-0.2, 0) is 0 Å². The molecular formula is C8H4ClF3O3. The van der Waals surface area contributed by atoms with Gasteiger partial charge in [0.1, 0.15) is 0 Å². The number of para-hydroxylation sites is 1. The molecule has 0 aliphatic carbocycles. The molecule has 0 saturated carbocycles. The molecule has 1 rings (SSSR count). The Labute approximate surface area is 87.0 Å². The molecule has 1 aromatic rings. The number of carbonyl (C=O) groups excluding carboxylic acids is 1. The summed E-state index contributed by atoms with van der Waals surface area (Å²) in [5, 5.41) is 7.92. The van der Waals surface area contributed by atoms with Crippen molar-refractivity contribution in [2.75, 3.05) is 0 Å². The number of benzene rings is 1. The van der Waals surface area contributed by atoms with Crippen LogP contribution < -0.4 is 4.74 Å². The van der Waals surface area contributed by atoms with Gasteiger partial charge in [0.25, 0.3) is 5.24 Å². The quantitative estimate of drug-likeness (QED) is 0.809. The number of hydrogen-bond acceptors (Lipinski definition) is 3. The van der Waals surface area contributed by atoms with Gasteiger partial charge in [0.2, 0.25) is 0 Å². The van der Waals surface area contributed by atoms with Crippen molar-refractivity contribution in [1.82, 2.24) is 0 Å². The lowest BCUT2D eigenvalue weighted by atomic mass is 10.2. The van der Waals surface area contributed by atoms with Gasteiger partial charge < -0.3 is 9.84 Å². The Morgan fingerprint density at radius 3 is 2.47 bits per heavy atom. The van der Waals surface area contributed by atoms with Gasteiger partial charge in [-0.25, -0.2) is 0 Å². The standard InChI is InChI=1S/C8H4ClF3O3/c9-7(14)4-2-1-3-5(13)6(4)15-8(10,11)12/h1-3,13H. The van der Waals surface area contributed by atoms with E-state index in [-0.39, 0.29) is 0 Å². The number of halogens is 4. The fourth-order valence-corrected chi connectivity index (χ4v) is 1.05. The molecule has 82 valence electrons. The molecule has 0 bridgehead atoms. The molecule has 0 heterocycles. The summed E-state index contributed by atoms with van der Waals surface area (Å²) in [6.45, 7) is 0. The molecule has 0 fully saturated rings. The van der Waals surface area contributed by atoms with E-state index in [1.807, 2.05) is 0 Å². The zero-order chi connectivity index (χ0) is 11.6. The van der Waals surface area contributed by atoms with E-state index < -0.39 is 28.7 Å². The monoisotopic (exact) mass is 240 g/mol. The minimum absolute atomic E-state index is 0.547. The van der Waals surface area contributed by atoms with Crippen LogP contribution in [0.15, 0.2) is 18.2 Å². The van der Waals surface area contributed by atoms with Gasteiger partial charge in [0, 0.05) is 0 Å². The zero-order valence-electron chi connectivity index (χ0n) is 7.01. The van der Waals surface area contributed by atoms with Crippen LogP contribution in [0.25, 0.3) is 0 Å². The van der Waals surface area contributed by atoms with Gasteiger partial charge in [0.15, 0.2) is 11.5 Å². The number of hydrogen-bond donors (Lipinski definition) is 1. The van der Waals surface area contributed by atoms with Crippen molar-refractivity contribution in [2.24, 2.45) is 0 Å². The number of carbonyl (C=O) groups is 1. The fourth-order valence-electron chi connectivity index (χ4n) is 0.903. The molecule has 0 saturated heterocycles. The third kappa shape index (κ3) is 3.02. The summed E-state index contributed by atoms with van der Waals surface area (Å²) in [5.74, 6) is -1.80. The summed E-state index contributed by atoms with van der Waals surface area (Å²) in [5.41, 5.74) is -0.547. The third-order valence-corrected chi connectivity index (χ3v) is 1.63. The molecule has 0 amide bonds. The first-order valence-corrected chi connectivity index (χ1v) is 3.96. The zero-order valence-corrected chi connectivity index (χ0v) is 7.76. The van der Waals surface area contributed by atoms with Gasteiger partial charge in [-0.05, 0) is 23.7 Å². The molecule has 1 aromatic carbocycles. The normalized spacial score (nSPS) is 11.2. The van der Waals surface area contributed by atoms with Gasteiger partial charge in [-0.1, -0.05) is 6.07 Å². The summed E-state index contributed by atoms with van der Waals surface area (Å²) < 4.78 is 39.1. The van der Waals surface area contributed by atoms with Crippen LogP contribution in [0.1, 0.15) is 10.4 Å². The van der Waals surface area contributed by atoms with Gasteiger partial charge in [-0.3, -0.25) is 4.79 Å². The second-order valence-electron chi connectivity index (χ2n) is 2.48. The number of alkyl halides is 3. The summed E-state index contributed by atoms with van der Waals surface area (Å²) in [7, 11) is 0. The van der Waals surface area contributed by atoms with Crippen molar-refractivity contribution in [3.8, 4) is 11.5 Å². The highest BCUT2D eigenvalue weighted by molar-refractivity contribution is 6.68. The topological polar surface area (TPSA) is 46.5 Å². The Kier molecular flexibility index (Phi) is 3.09. The summed E-state index contributed by atoms with van der Waals surface area (Å²) in [6, 6.07) is 3.13. The minimum atomic E-state index is -5.00. The Morgan fingerprint density at radius 2 is 2.00 bits per heavy atom. The van der Waals surface area contributed by atoms with Crippen molar-refractivity contribution >= 4 is 16.8 Å². The highest BCUT2D eigenvalue weighted by atomic mass is 35.5. The lowest BCUT2D eigenvalue weighted by molar-refractivity contribution is -0.275. The van der Waals surface area contributed by atoms with E-state index in [1.54, 1.807) is 0 Å². The molecule has 0 spiro atoms. The predicted molar refractivity (Wildman–Crippen MR) is 45.0 cm³/mol. The van der Waals surface area contributed by atoms with Crippen molar-refractivity contribution < 1.29 is 27.8 Å². The Bertz CT molecular complexity index is 389. The molecule has 0 aliphatic rings. The van der Waals surface area contributed by atoms with Crippen LogP contribution in [0.2, 0.25) is 0 Å². The van der Waals surface area contributed by atoms with Crippen LogP contribution in [0.5, 0.6) is 11.5 Å². The molecule has 0 aliphatic heterocycles. The van der Waals surface area contributed by atoms with Gasteiger partial charge in [-0.2, -0.15) is 0 Å². The highest BCUT2D eigenvalue weighted by Gasteiger charge is 2.34. The van der Waals surface area contributed by atoms with E-state index in [1.165, 1.54) is 6.07 Å². The second kappa shape index (κ2) is 3.98. The predicted octanol–water partition coefficient (Wildman–Crippen LogP) is 2.67. The molecule has 0 atom stereocenters. The summed E-state index contributed by atoms with van der Waals surface area (Å²) >= 11 is 5.01. The summed E-state index contributed by atoms with van der Waals surface area (Å²) in [6.07, 6.45) is -5.00. The van der Waals surface area contributed by atoms with Crippen LogP contribution in [-0.4, -0.2) is 16.7 Å². The van der Waals surface area contributed by atoms with Crippen molar-refractivity contribution in [2.45, 2.75) is 6.36 Å². The molecular weight excluding hydrogens is 237 g/mol. The average molecular weight is 241 g/mol. The first-order chi connectivity index (χ1) is 6.81. The second-order valence-corrected chi connectivity index (χ2v) is 2.82. The highest BCUT2D eigenvalue weighted by Crippen LogP contribution is 2.35. The smallest absolute Gasteiger partial charge is 0.504 e. The first kappa shape index (κ1) is 11.6. The van der Waals surface area contributed by atoms with Crippen molar-refractivity contribution in [1.29, 1.82) is 0 Å². The Hall–Kier alpha value is -1.43. The van der Waals surface area contributed by atoms with Crippen molar-refractivity contribution in [3.05, 3.63) is 23.8 Å². The summed E-state index contributed by atoms with van der Waals surface area (Å²) in [4.78, 5) is 10.7. The number of ether oxygens (including phenoxy) is 1. The number of phenols is 1. The molecule has 0 radical (unpaired) electrons. The van der Waals surface area contributed by atoms with Crippen LogP contribution in [0.3, 0.4) is 0 Å². The van der Waals surface area contributed by atoms with E-state index in [2.05, 4.69) is 4.74 Å². The van der Waals surface area contributed by atoms with E-state index in [0.29, 0.717) is 0 Å². The first-order valence-electron chi connectivity index (χ1n) is 3.59. The molecule has 7 heteroatoms.